The Morgan fingerprint density at radius 1 is 1.03 bits per heavy atom. The van der Waals surface area contributed by atoms with Gasteiger partial charge in [0.2, 0.25) is 0 Å². The molecule has 1 aromatic rings. The fourth-order valence-electron chi connectivity index (χ4n) is 4.98. The Kier molecular flexibility index (Phi) is 8.71. The smallest absolute Gasteiger partial charge is 0.416 e. The summed E-state index contributed by atoms with van der Waals surface area (Å²) in [4.78, 5) is 13.2. The molecule has 0 N–H and O–H groups in total. The fraction of sp³-hybridized carbons (Fsp3) is 0.560. The van der Waals surface area contributed by atoms with E-state index < -0.39 is 65.3 Å². The molecule has 206 valence electrons. The lowest BCUT2D eigenvalue weighted by Crippen LogP contribution is -2.46. The minimum atomic E-state index is -4.89. The minimum Gasteiger partial charge on any atom is -0.469 e. The number of allylic oxidation sites excluding steroid dienone is 3. The second-order valence-electron chi connectivity index (χ2n) is 9.33. The molecule has 0 saturated carbocycles. The van der Waals surface area contributed by atoms with E-state index in [1.807, 2.05) is 0 Å². The number of nitrogens with zero attached hydrogens (tertiary/aromatic N) is 1. The first-order valence-electron chi connectivity index (χ1n) is 11.6. The van der Waals surface area contributed by atoms with Crippen LogP contribution in [0.25, 0.3) is 0 Å². The summed E-state index contributed by atoms with van der Waals surface area (Å²) in [7, 11) is 1.23. The standard InChI is InChI=1S/C25H26F9NO2/c1-37-22(36)9-2-15-10-11-35(21(12-15)16-3-5-18(6-4-16)23(26,27)28)14-17-13-19(24(29,30)31)7-8-20(17)25(32,33)34/h3,5-8,13,15-16,21H,2,4,9-12,14H2,1H3/t15-,16?,21+/m0/s1. The Morgan fingerprint density at radius 3 is 2.27 bits per heavy atom. The third-order valence-corrected chi connectivity index (χ3v) is 6.92. The highest BCUT2D eigenvalue weighted by atomic mass is 19.4. The highest BCUT2D eigenvalue weighted by molar-refractivity contribution is 5.69. The van der Waals surface area contributed by atoms with Crippen molar-refractivity contribution < 1.29 is 49.0 Å². The van der Waals surface area contributed by atoms with Crippen molar-refractivity contribution in [2.24, 2.45) is 11.8 Å². The Bertz CT molecular complexity index is 1020. The van der Waals surface area contributed by atoms with Crippen molar-refractivity contribution >= 4 is 5.97 Å². The van der Waals surface area contributed by atoms with Crippen LogP contribution in [-0.4, -0.2) is 36.7 Å². The first kappa shape index (κ1) is 29.1. The van der Waals surface area contributed by atoms with Gasteiger partial charge >= 0.3 is 24.5 Å². The number of likely N-dealkylation sites (tertiary alicyclic amines) is 1. The van der Waals surface area contributed by atoms with Crippen molar-refractivity contribution in [3.63, 3.8) is 0 Å². The van der Waals surface area contributed by atoms with Gasteiger partial charge in [-0.05, 0) is 67.8 Å². The molecule has 1 fully saturated rings. The summed E-state index contributed by atoms with van der Waals surface area (Å²) in [5, 5.41) is 0. The third kappa shape index (κ3) is 7.52. The summed E-state index contributed by atoms with van der Waals surface area (Å²) in [6.07, 6.45) is -9.63. The maximum atomic E-state index is 13.6. The highest BCUT2D eigenvalue weighted by Crippen LogP contribution is 2.41. The topological polar surface area (TPSA) is 29.5 Å². The van der Waals surface area contributed by atoms with Gasteiger partial charge < -0.3 is 4.74 Å². The Labute approximate surface area is 207 Å². The molecule has 37 heavy (non-hydrogen) atoms. The van der Waals surface area contributed by atoms with Gasteiger partial charge in [0.05, 0.1) is 23.8 Å². The van der Waals surface area contributed by atoms with Gasteiger partial charge in [0, 0.05) is 19.0 Å². The molecule has 0 bridgehead atoms. The molecule has 3 nitrogen and oxygen atoms in total. The van der Waals surface area contributed by atoms with Crippen LogP contribution in [0.1, 0.15) is 48.8 Å². The summed E-state index contributed by atoms with van der Waals surface area (Å²) in [5.41, 5.74) is -3.78. The van der Waals surface area contributed by atoms with Crippen molar-refractivity contribution in [3.05, 3.63) is 58.7 Å². The summed E-state index contributed by atoms with van der Waals surface area (Å²) in [6, 6.07) is 0.752. The fourth-order valence-corrected chi connectivity index (χ4v) is 4.98. The number of hydrogen-bond acceptors (Lipinski definition) is 3. The number of piperidine rings is 1. The molecule has 2 aliphatic rings. The van der Waals surface area contributed by atoms with E-state index in [1.54, 1.807) is 4.90 Å². The number of rotatable bonds is 6. The summed E-state index contributed by atoms with van der Waals surface area (Å²) in [5.74, 6) is -0.981. The summed E-state index contributed by atoms with van der Waals surface area (Å²) >= 11 is 0. The van der Waals surface area contributed by atoms with Crippen LogP contribution in [0, 0.1) is 11.8 Å². The van der Waals surface area contributed by atoms with Crippen molar-refractivity contribution in [3.8, 4) is 0 Å². The van der Waals surface area contributed by atoms with Gasteiger partial charge in [0.25, 0.3) is 0 Å². The molecule has 3 rings (SSSR count). The van der Waals surface area contributed by atoms with Gasteiger partial charge in [-0.3, -0.25) is 9.69 Å². The Balaban J connectivity index is 1.90. The van der Waals surface area contributed by atoms with Crippen molar-refractivity contribution in [1.29, 1.82) is 0 Å². The first-order valence-corrected chi connectivity index (χ1v) is 11.6. The van der Waals surface area contributed by atoms with Crippen LogP contribution in [0.4, 0.5) is 39.5 Å². The lowest BCUT2D eigenvalue weighted by atomic mass is 9.78. The van der Waals surface area contributed by atoms with Crippen molar-refractivity contribution in [1.82, 2.24) is 4.90 Å². The van der Waals surface area contributed by atoms with Crippen LogP contribution in [0.3, 0.4) is 0 Å². The zero-order valence-corrected chi connectivity index (χ0v) is 19.8. The Morgan fingerprint density at radius 2 is 1.73 bits per heavy atom. The van der Waals surface area contributed by atoms with Crippen LogP contribution in [0.5, 0.6) is 0 Å². The van der Waals surface area contributed by atoms with E-state index >= 15 is 0 Å². The number of hydrogen-bond donors (Lipinski definition) is 0. The molecule has 3 atom stereocenters. The number of benzene rings is 1. The maximum Gasteiger partial charge on any atom is 0.416 e. The van der Waals surface area contributed by atoms with Crippen LogP contribution >= 0.6 is 0 Å². The van der Waals surface area contributed by atoms with Crippen LogP contribution in [-0.2, 0) is 28.4 Å². The number of alkyl halides is 9. The van der Waals surface area contributed by atoms with Gasteiger partial charge in [0.15, 0.2) is 0 Å². The molecule has 1 aliphatic carbocycles. The van der Waals surface area contributed by atoms with E-state index in [4.69, 9.17) is 0 Å². The minimum absolute atomic E-state index is 0.0229. The second kappa shape index (κ2) is 11.1. The van der Waals surface area contributed by atoms with Gasteiger partial charge in [-0.1, -0.05) is 18.2 Å². The average Bonchev–Trinajstić information content (AvgIpc) is 2.81. The van der Waals surface area contributed by atoms with Gasteiger partial charge in [-0.15, -0.1) is 0 Å². The molecule has 0 amide bonds. The van der Waals surface area contributed by atoms with E-state index in [1.165, 1.54) is 13.2 Å². The lowest BCUT2D eigenvalue weighted by molar-refractivity contribution is -0.142. The van der Waals surface area contributed by atoms with E-state index in [0.717, 1.165) is 12.2 Å². The first-order chi connectivity index (χ1) is 17.1. The van der Waals surface area contributed by atoms with Crippen LogP contribution in [0.15, 0.2) is 42.0 Å². The molecule has 1 aromatic carbocycles. The predicted molar refractivity (Wildman–Crippen MR) is 116 cm³/mol. The van der Waals surface area contributed by atoms with E-state index in [0.29, 0.717) is 37.5 Å². The van der Waals surface area contributed by atoms with Gasteiger partial charge in [-0.25, -0.2) is 0 Å². The van der Waals surface area contributed by atoms with Crippen molar-refractivity contribution in [2.75, 3.05) is 13.7 Å². The van der Waals surface area contributed by atoms with Gasteiger partial charge in [0.1, 0.15) is 0 Å². The Hall–Kier alpha value is -2.50. The molecule has 1 saturated heterocycles. The zero-order valence-electron chi connectivity index (χ0n) is 19.8. The summed E-state index contributed by atoms with van der Waals surface area (Å²) in [6.45, 7) is -0.239. The van der Waals surface area contributed by atoms with E-state index in [-0.39, 0.29) is 25.3 Å². The molecule has 0 spiro atoms. The summed E-state index contributed by atoms with van der Waals surface area (Å²) < 4.78 is 125. The molecule has 1 aliphatic heterocycles. The quantitative estimate of drug-likeness (QED) is 0.278. The van der Waals surface area contributed by atoms with Gasteiger partial charge in [-0.2, -0.15) is 39.5 Å². The molecule has 1 heterocycles. The van der Waals surface area contributed by atoms with Crippen LogP contribution in [0.2, 0.25) is 0 Å². The zero-order chi connectivity index (χ0) is 27.6. The maximum absolute atomic E-state index is 13.6. The predicted octanol–water partition coefficient (Wildman–Crippen LogP) is 7.32. The number of halogens is 9. The monoisotopic (exact) mass is 543 g/mol. The number of esters is 1. The van der Waals surface area contributed by atoms with Crippen LogP contribution < -0.4 is 0 Å². The highest BCUT2D eigenvalue weighted by Gasteiger charge is 2.40. The number of ether oxygens (including phenoxy) is 1. The van der Waals surface area contributed by atoms with E-state index in [2.05, 4.69) is 4.74 Å². The third-order valence-electron chi connectivity index (χ3n) is 6.92. The SMILES string of the molecule is COC(=O)CC[C@H]1CCN(Cc2cc(C(F)(F)F)ccc2C(F)(F)F)[C@@H](C2C=CC(C(F)(F)F)=CC2)C1. The molecule has 12 heteroatoms. The average molecular weight is 543 g/mol. The normalized spacial score (nSPS) is 23.6. The second-order valence-corrected chi connectivity index (χ2v) is 9.33. The molecular weight excluding hydrogens is 517 g/mol. The number of carbonyl (C=O) groups is 1. The van der Waals surface area contributed by atoms with E-state index in [9.17, 15) is 44.3 Å². The molecule has 0 radical (unpaired) electrons. The molecule has 1 unspecified atom stereocenters. The largest absolute Gasteiger partial charge is 0.469 e. The lowest BCUT2D eigenvalue weighted by Gasteiger charge is -2.43. The molecular formula is C25H26F9NO2. The number of methoxy groups -OCH3 is 1. The van der Waals surface area contributed by atoms with Crippen molar-refractivity contribution in [2.45, 2.75) is 63.2 Å². The molecule has 0 aromatic heterocycles. The number of carbonyl (C=O) groups excluding carboxylic acids is 1.